The molecule has 2 aromatic heterocycles. The zero-order chi connectivity index (χ0) is 31.8. The van der Waals surface area contributed by atoms with Crippen molar-refractivity contribution in [3.05, 3.63) is 114 Å². The highest BCUT2D eigenvalue weighted by atomic mass is 32.2. The number of aromatic nitrogens is 2. The fraction of sp³-hybridized carbons (Fsp3) is 0.118. The second-order valence-electron chi connectivity index (χ2n) is 9.93. The minimum atomic E-state index is -3.83. The summed E-state index contributed by atoms with van der Waals surface area (Å²) in [6.07, 6.45) is 1.64. The van der Waals surface area contributed by atoms with Crippen LogP contribution < -0.4 is 14.8 Å². The molecule has 3 aromatic carbocycles. The first-order valence-corrected chi connectivity index (χ1v) is 16.4. The van der Waals surface area contributed by atoms with E-state index < -0.39 is 10.0 Å². The van der Waals surface area contributed by atoms with E-state index in [1.807, 2.05) is 61.5 Å². The minimum Gasteiger partial charge on any atom is -0.497 e. The standard InChI is InChI=1S/C34H29N5O4S2/c1-23-6-8-24(9-7-23)29-21-31(25-10-14-27(43-2)15-11-25)38-34(30(29)22-35)44-20-18-33(40)37-26-12-16-28(17-13-26)45(41,42)39-32-5-3-4-19-36-32/h3-17,19,21H,18,20H2,1-2H3,(H,36,39)(H,37,40). The molecule has 0 unspecified atom stereocenters. The van der Waals surface area contributed by atoms with Gasteiger partial charge in [-0.15, -0.1) is 11.8 Å². The number of amides is 1. The Morgan fingerprint density at radius 3 is 2.31 bits per heavy atom. The number of carbonyl (C=O) groups is 1. The lowest BCUT2D eigenvalue weighted by molar-refractivity contribution is -0.115. The van der Waals surface area contributed by atoms with Crippen molar-refractivity contribution < 1.29 is 17.9 Å². The van der Waals surface area contributed by atoms with Crippen molar-refractivity contribution >= 4 is 39.2 Å². The van der Waals surface area contributed by atoms with Crippen molar-refractivity contribution in [1.82, 2.24) is 9.97 Å². The van der Waals surface area contributed by atoms with E-state index in [1.54, 1.807) is 25.3 Å². The molecule has 226 valence electrons. The van der Waals surface area contributed by atoms with Crippen LogP contribution in [0.4, 0.5) is 11.5 Å². The molecule has 0 saturated carbocycles. The molecule has 11 heteroatoms. The number of nitriles is 1. The van der Waals surface area contributed by atoms with Gasteiger partial charge in [-0.3, -0.25) is 9.52 Å². The summed E-state index contributed by atoms with van der Waals surface area (Å²) in [4.78, 5) is 21.6. The monoisotopic (exact) mass is 635 g/mol. The van der Waals surface area contributed by atoms with E-state index in [0.29, 0.717) is 27.7 Å². The number of nitrogens with zero attached hydrogens (tertiary/aromatic N) is 3. The van der Waals surface area contributed by atoms with Gasteiger partial charge in [-0.25, -0.2) is 18.4 Å². The van der Waals surface area contributed by atoms with Gasteiger partial charge in [-0.2, -0.15) is 5.26 Å². The van der Waals surface area contributed by atoms with Crippen molar-refractivity contribution in [2.24, 2.45) is 0 Å². The van der Waals surface area contributed by atoms with Gasteiger partial charge in [0.1, 0.15) is 22.7 Å². The maximum Gasteiger partial charge on any atom is 0.263 e. The molecule has 9 nitrogen and oxygen atoms in total. The molecule has 0 atom stereocenters. The normalized spacial score (nSPS) is 11.0. The molecular weight excluding hydrogens is 607 g/mol. The number of hydrogen-bond acceptors (Lipinski definition) is 8. The minimum absolute atomic E-state index is 0.0398. The molecule has 0 aliphatic heterocycles. The van der Waals surface area contributed by atoms with E-state index in [9.17, 15) is 18.5 Å². The third-order valence-corrected chi connectivity index (χ3v) is 9.11. The quantitative estimate of drug-likeness (QED) is 0.149. The fourth-order valence-corrected chi connectivity index (χ4v) is 6.36. The summed E-state index contributed by atoms with van der Waals surface area (Å²) in [6, 6.07) is 30.6. The Hall–Kier alpha value is -5.18. The van der Waals surface area contributed by atoms with Crippen LogP contribution in [0.5, 0.6) is 5.75 Å². The molecule has 0 fully saturated rings. The second kappa shape index (κ2) is 14.1. The van der Waals surface area contributed by atoms with Gasteiger partial charge in [0.15, 0.2) is 0 Å². The summed E-state index contributed by atoms with van der Waals surface area (Å²) in [5.74, 6) is 1.05. The van der Waals surface area contributed by atoms with E-state index >= 15 is 0 Å². The van der Waals surface area contributed by atoms with Gasteiger partial charge in [0.05, 0.1) is 23.3 Å². The Bertz CT molecular complexity index is 1940. The first-order valence-electron chi connectivity index (χ1n) is 13.9. The third-order valence-electron chi connectivity index (χ3n) is 6.77. The fourth-order valence-electron chi connectivity index (χ4n) is 4.41. The van der Waals surface area contributed by atoms with Crippen LogP contribution in [0.3, 0.4) is 0 Å². The van der Waals surface area contributed by atoms with Gasteiger partial charge >= 0.3 is 0 Å². The van der Waals surface area contributed by atoms with Crippen LogP contribution in [0.2, 0.25) is 0 Å². The number of anilines is 2. The molecule has 0 radical (unpaired) electrons. The van der Waals surface area contributed by atoms with Crippen LogP contribution in [-0.2, 0) is 14.8 Å². The summed E-state index contributed by atoms with van der Waals surface area (Å²) < 4.78 is 33.0. The van der Waals surface area contributed by atoms with Crippen LogP contribution in [-0.4, -0.2) is 37.2 Å². The van der Waals surface area contributed by atoms with Gasteiger partial charge in [0.2, 0.25) is 5.91 Å². The van der Waals surface area contributed by atoms with Crippen molar-refractivity contribution in [2.75, 3.05) is 22.9 Å². The van der Waals surface area contributed by atoms with Crippen molar-refractivity contribution in [2.45, 2.75) is 23.3 Å². The zero-order valence-electron chi connectivity index (χ0n) is 24.5. The predicted octanol–water partition coefficient (Wildman–Crippen LogP) is 6.92. The molecule has 0 aliphatic carbocycles. The first kappa shape index (κ1) is 31.3. The Labute approximate surface area is 266 Å². The van der Waals surface area contributed by atoms with Gasteiger partial charge in [-0.1, -0.05) is 35.9 Å². The lowest BCUT2D eigenvalue weighted by Gasteiger charge is -2.13. The average molecular weight is 636 g/mol. The molecule has 5 aromatic rings. The van der Waals surface area contributed by atoms with E-state index in [1.165, 1.54) is 42.2 Å². The van der Waals surface area contributed by atoms with Crippen LogP contribution >= 0.6 is 11.8 Å². The number of sulfonamides is 1. The molecule has 1 amide bonds. The average Bonchev–Trinajstić information content (AvgIpc) is 3.05. The maximum atomic E-state index is 12.8. The van der Waals surface area contributed by atoms with Crippen LogP contribution in [0, 0.1) is 18.3 Å². The van der Waals surface area contributed by atoms with E-state index in [4.69, 9.17) is 9.72 Å². The molecular formula is C34H29N5O4S2. The van der Waals surface area contributed by atoms with Crippen LogP contribution in [0.25, 0.3) is 22.4 Å². The lowest BCUT2D eigenvalue weighted by atomic mass is 9.98. The van der Waals surface area contributed by atoms with E-state index in [0.717, 1.165) is 28.0 Å². The van der Waals surface area contributed by atoms with Crippen molar-refractivity contribution in [3.63, 3.8) is 0 Å². The number of rotatable bonds is 11. The largest absolute Gasteiger partial charge is 0.497 e. The number of pyridine rings is 2. The second-order valence-corrected chi connectivity index (χ2v) is 12.7. The zero-order valence-corrected chi connectivity index (χ0v) is 26.2. The van der Waals surface area contributed by atoms with Crippen LogP contribution in [0.1, 0.15) is 17.5 Å². The predicted molar refractivity (Wildman–Crippen MR) is 177 cm³/mol. The molecule has 45 heavy (non-hydrogen) atoms. The number of carbonyl (C=O) groups excluding carboxylic acids is 1. The summed E-state index contributed by atoms with van der Waals surface area (Å²) in [5.41, 5.74) is 5.24. The lowest BCUT2D eigenvalue weighted by Crippen LogP contribution is -2.15. The molecule has 0 saturated heterocycles. The number of benzene rings is 3. The highest BCUT2D eigenvalue weighted by molar-refractivity contribution is 7.99. The highest BCUT2D eigenvalue weighted by Crippen LogP contribution is 2.35. The van der Waals surface area contributed by atoms with Gasteiger partial charge in [0, 0.05) is 35.2 Å². The van der Waals surface area contributed by atoms with Crippen molar-refractivity contribution in [1.29, 1.82) is 5.26 Å². The van der Waals surface area contributed by atoms with Gasteiger partial charge < -0.3 is 10.1 Å². The number of aryl methyl sites for hydroxylation is 1. The number of thioether (sulfide) groups is 1. The third kappa shape index (κ3) is 7.86. The molecule has 0 bridgehead atoms. The summed E-state index contributed by atoms with van der Waals surface area (Å²) in [6.45, 7) is 2.01. The van der Waals surface area contributed by atoms with E-state index in [2.05, 4.69) is 21.1 Å². The number of ether oxygens (including phenoxy) is 1. The Balaban J connectivity index is 1.29. The topological polar surface area (TPSA) is 134 Å². The number of hydrogen-bond donors (Lipinski definition) is 2. The SMILES string of the molecule is COc1ccc(-c2cc(-c3ccc(C)cc3)c(C#N)c(SCCC(=O)Nc3ccc(S(=O)(=O)Nc4ccccn4)cc3)n2)cc1. The summed E-state index contributed by atoms with van der Waals surface area (Å²) in [5, 5.41) is 13.5. The smallest absolute Gasteiger partial charge is 0.263 e. The molecule has 0 aliphatic rings. The van der Waals surface area contributed by atoms with E-state index in [-0.39, 0.29) is 23.0 Å². The first-order chi connectivity index (χ1) is 21.8. The highest BCUT2D eigenvalue weighted by Gasteiger charge is 2.18. The Kier molecular flexibility index (Phi) is 9.77. The Morgan fingerprint density at radius 1 is 0.956 bits per heavy atom. The van der Waals surface area contributed by atoms with Crippen molar-refractivity contribution in [3.8, 4) is 34.2 Å². The summed E-state index contributed by atoms with van der Waals surface area (Å²) in [7, 11) is -2.22. The molecule has 2 heterocycles. The number of methoxy groups -OCH3 is 1. The molecule has 5 rings (SSSR count). The number of nitrogens with one attached hydrogen (secondary N) is 2. The van der Waals surface area contributed by atoms with Crippen LogP contribution in [0.15, 0.2) is 113 Å². The van der Waals surface area contributed by atoms with Gasteiger partial charge in [0.25, 0.3) is 10.0 Å². The molecule has 2 N–H and O–H groups in total. The maximum absolute atomic E-state index is 12.8. The Morgan fingerprint density at radius 2 is 1.67 bits per heavy atom. The van der Waals surface area contributed by atoms with Gasteiger partial charge in [-0.05, 0) is 79.2 Å². The summed E-state index contributed by atoms with van der Waals surface area (Å²) >= 11 is 1.33. The molecule has 0 spiro atoms.